The number of anilines is 1. The zero-order chi connectivity index (χ0) is 19.9. The number of carbonyl (C=O) groups excluding carboxylic acids is 1. The number of rotatable bonds is 8. The third kappa shape index (κ3) is 4.97. The molecule has 1 heterocycles. The highest BCUT2D eigenvalue weighted by Gasteiger charge is 2.19. The van der Waals surface area contributed by atoms with Crippen LogP contribution in [-0.4, -0.2) is 49.6 Å². The van der Waals surface area contributed by atoms with Crippen LogP contribution in [-0.2, 0) is 4.79 Å². The van der Waals surface area contributed by atoms with E-state index in [-0.39, 0.29) is 5.91 Å². The Balaban J connectivity index is 1.91. The second-order valence-electron chi connectivity index (χ2n) is 6.57. The van der Waals surface area contributed by atoms with Gasteiger partial charge in [-0.1, -0.05) is 47.7 Å². The Labute approximate surface area is 169 Å². The molecule has 0 unspecified atom stereocenters. The summed E-state index contributed by atoms with van der Waals surface area (Å²) in [6.07, 6.45) is 3.45. The predicted octanol–water partition coefficient (Wildman–Crippen LogP) is 4.30. The fourth-order valence-electron chi connectivity index (χ4n) is 2.72. The van der Waals surface area contributed by atoms with Gasteiger partial charge >= 0.3 is 0 Å². The van der Waals surface area contributed by atoms with Gasteiger partial charge in [0.05, 0.1) is 11.3 Å². The molecule has 0 aliphatic carbocycles. The van der Waals surface area contributed by atoms with Gasteiger partial charge in [-0.25, -0.2) is 4.98 Å². The van der Waals surface area contributed by atoms with Crippen molar-refractivity contribution in [1.29, 1.82) is 0 Å². The summed E-state index contributed by atoms with van der Waals surface area (Å²) >= 11 is 1.51. The molecule has 0 N–H and O–H groups in total. The van der Waals surface area contributed by atoms with E-state index in [0.717, 1.165) is 28.1 Å². The number of thiazole rings is 1. The van der Waals surface area contributed by atoms with E-state index in [1.54, 1.807) is 11.0 Å². The quantitative estimate of drug-likeness (QED) is 0.534. The Morgan fingerprint density at radius 2 is 1.89 bits per heavy atom. The molecule has 0 aliphatic rings. The van der Waals surface area contributed by atoms with Crippen molar-refractivity contribution in [2.24, 2.45) is 0 Å². The maximum Gasteiger partial charge on any atom is 0.252 e. The number of amides is 1. The van der Waals surface area contributed by atoms with Crippen LogP contribution in [0.5, 0.6) is 5.75 Å². The van der Waals surface area contributed by atoms with Gasteiger partial charge < -0.3 is 9.64 Å². The van der Waals surface area contributed by atoms with Gasteiger partial charge in [0.2, 0.25) is 0 Å². The van der Waals surface area contributed by atoms with Crippen LogP contribution >= 0.6 is 11.3 Å². The van der Waals surface area contributed by atoms with Crippen LogP contribution in [0.25, 0.3) is 16.3 Å². The van der Waals surface area contributed by atoms with E-state index >= 15 is 0 Å². The van der Waals surface area contributed by atoms with E-state index in [1.807, 2.05) is 75.6 Å². The maximum absolute atomic E-state index is 13.0. The first-order valence-corrected chi connectivity index (χ1v) is 10.1. The molecular formula is C22H25N3O2S. The van der Waals surface area contributed by atoms with Gasteiger partial charge in [0.25, 0.3) is 5.91 Å². The van der Waals surface area contributed by atoms with Crippen LogP contribution in [0.3, 0.4) is 0 Å². The van der Waals surface area contributed by atoms with Crippen LogP contribution in [0.2, 0.25) is 0 Å². The monoisotopic (exact) mass is 395 g/mol. The zero-order valence-corrected chi connectivity index (χ0v) is 17.3. The molecule has 5 nitrogen and oxygen atoms in total. The summed E-state index contributed by atoms with van der Waals surface area (Å²) in [5, 5.41) is 0.687. The van der Waals surface area contributed by atoms with Crippen LogP contribution in [0.1, 0.15) is 12.5 Å². The summed E-state index contributed by atoms with van der Waals surface area (Å²) in [7, 11) is 3.99. The van der Waals surface area contributed by atoms with E-state index in [9.17, 15) is 4.79 Å². The molecule has 1 aromatic heterocycles. The van der Waals surface area contributed by atoms with Gasteiger partial charge in [-0.05, 0) is 44.8 Å². The van der Waals surface area contributed by atoms with Crippen LogP contribution in [0, 0.1) is 0 Å². The Hall–Kier alpha value is -2.70. The van der Waals surface area contributed by atoms with Gasteiger partial charge in [-0.3, -0.25) is 9.69 Å². The molecule has 3 aromatic rings. The molecule has 0 radical (unpaired) electrons. The lowest BCUT2D eigenvalue weighted by atomic mass is 10.2. The molecule has 28 heavy (non-hydrogen) atoms. The SMILES string of the molecule is CCOc1cccc2sc(N(CCN(C)C)C(=O)/C=C/c3ccccc3)nc12. The van der Waals surface area contributed by atoms with Crippen molar-refractivity contribution in [2.75, 3.05) is 38.7 Å². The number of fused-ring (bicyclic) bond motifs is 1. The van der Waals surface area contributed by atoms with Crippen LogP contribution in [0.4, 0.5) is 5.13 Å². The second kappa shape index (κ2) is 9.48. The third-order valence-corrected chi connectivity index (χ3v) is 5.20. The number of aromatic nitrogens is 1. The molecule has 0 saturated carbocycles. The van der Waals surface area contributed by atoms with E-state index in [2.05, 4.69) is 4.90 Å². The first-order valence-electron chi connectivity index (χ1n) is 9.30. The summed E-state index contributed by atoms with van der Waals surface area (Å²) in [5.41, 5.74) is 1.80. The Kier molecular flexibility index (Phi) is 6.79. The summed E-state index contributed by atoms with van der Waals surface area (Å²) in [4.78, 5) is 21.5. The van der Waals surface area contributed by atoms with E-state index < -0.39 is 0 Å². The molecule has 1 amide bonds. The van der Waals surface area contributed by atoms with Crippen LogP contribution < -0.4 is 9.64 Å². The number of carbonyl (C=O) groups is 1. The summed E-state index contributed by atoms with van der Waals surface area (Å²) in [6.45, 7) is 3.84. The Morgan fingerprint density at radius 1 is 1.11 bits per heavy atom. The maximum atomic E-state index is 13.0. The number of nitrogens with zero attached hydrogens (tertiary/aromatic N) is 3. The molecular weight excluding hydrogens is 370 g/mol. The average molecular weight is 396 g/mol. The van der Waals surface area contributed by atoms with Gasteiger partial charge in [-0.2, -0.15) is 0 Å². The van der Waals surface area contributed by atoms with E-state index in [1.165, 1.54) is 11.3 Å². The van der Waals surface area contributed by atoms with Crippen molar-refractivity contribution in [1.82, 2.24) is 9.88 Å². The largest absolute Gasteiger partial charge is 0.492 e. The number of hydrogen-bond acceptors (Lipinski definition) is 5. The van der Waals surface area contributed by atoms with Gasteiger partial charge in [0.15, 0.2) is 5.13 Å². The number of likely N-dealkylation sites (N-methyl/N-ethyl adjacent to an activating group) is 1. The van der Waals surface area contributed by atoms with Gasteiger partial charge in [0.1, 0.15) is 11.3 Å². The van der Waals surface area contributed by atoms with Crippen molar-refractivity contribution in [3.05, 3.63) is 60.2 Å². The topological polar surface area (TPSA) is 45.7 Å². The number of benzene rings is 2. The van der Waals surface area contributed by atoms with Gasteiger partial charge in [-0.15, -0.1) is 0 Å². The van der Waals surface area contributed by atoms with Crippen molar-refractivity contribution >= 4 is 38.7 Å². The van der Waals surface area contributed by atoms with Crippen LogP contribution in [0.15, 0.2) is 54.6 Å². The first kappa shape index (κ1) is 20.0. The molecule has 0 atom stereocenters. The average Bonchev–Trinajstić information content (AvgIpc) is 3.12. The first-order chi connectivity index (χ1) is 13.6. The molecule has 0 saturated heterocycles. The fourth-order valence-corrected chi connectivity index (χ4v) is 3.74. The zero-order valence-electron chi connectivity index (χ0n) is 16.5. The smallest absolute Gasteiger partial charge is 0.252 e. The minimum atomic E-state index is -0.0808. The molecule has 0 aliphatic heterocycles. The molecule has 3 rings (SSSR count). The number of ether oxygens (including phenoxy) is 1. The molecule has 146 valence electrons. The minimum absolute atomic E-state index is 0.0808. The summed E-state index contributed by atoms with van der Waals surface area (Å²) in [5.74, 6) is 0.671. The fraction of sp³-hybridized carbons (Fsp3) is 0.273. The van der Waals surface area contributed by atoms with E-state index in [4.69, 9.17) is 9.72 Å². The molecule has 6 heteroatoms. The van der Waals surface area contributed by atoms with Crippen molar-refractivity contribution < 1.29 is 9.53 Å². The summed E-state index contributed by atoms with van der Waals surface area (Å²) < 4.78 is 6.70. The lowest BCUT2D eigenvalue weighted by Crippen LogP contribution is -2.35. The minimum Gasteiger partial charge on any atom is -0.492 e. The number of para-hydroxylation sites is 1. The van der Waals surface area contributed by atoms with E-state index in [0.29, 0.717) is 18.3 Å². The number of hydrogen-bond donors (Lipinski definition) is 0. The second-order valence-corrected chi connectivity index (χ2v) is 7.58. The standard InChI is InChI=1S/C22H25N3O2S/c1-4-27-18-11-8-12-19-21(18)23-22(28-19)25(16-15-24(2)3)20(26)14-13-17-9-6-5-7-10-17/h5-14H,4,15-16H2,1-3H3/b14-13+. The Morgan fingerprint density at radius 3 is 2.61 bits per heavy atom. The highest BCUT2D eigenvalue weighted by atomic mass is 32.1. The lowest BCUT2D eigenvalue weighted by Gasteiger charge is -2.20. The summed E-state index contributed by atoms with van der Waals surface area (Å²) in [6, 6.07) is 15.7. The highest BCUT2D eigenvalue weighted by Crippen LogP contribution is 2.34. The molecule has 2 aromatic carbocycles. The molecule has 0 bridgehead atoms. The molecule has 0 fully saturated rings. The Bertz CT molecular complexity index is 951. The molecule has 0 spiro atoms. The third-order valence-electron chi connectivity index (χ3n) is 4.16. The lowest BCUT2D eigenvalue weighted by molar-refractivity contribution is -0.114. The van der Waals surface area contributed by atoms with Crippen molar-refractivity contribution in [3.8, 4) is 5.75 Å². The van der Waals surface area contributed by atoms with Crippen molar-refractivity contribution in [3.63, 3.8) is 0 Å². The predicted molar refractivity (Wildman–Crippen MR) is 117 cm³/mol. The van der Waals surface area contributed by atoms with Gasteiger partial charge in [0, 0.05) is 19.2 Å². The van der Waals surface area contributed by atoms with Crippen molar-refractivity contribution in [2.45, 2.75) is 6.92 Å². The normalized spacial score (nSPS) is 11.4. The highest BCUT2D eigenvalue weighted by molar-refractivity contribution is 7.22.